The zero-order valence-corrected chi connectivity index (χ0v) is 16.9. The third kappa shape index (κ3) is 4.56. The van der Waals surface area contributed by atoms with E-state index in [0.717, 1.165) is 55.6 Å². The van der Waals surface area contributed by atoms with Crippen LogP contribution in [-0.2, 0) is 9.84 Å². The lowest BCUT2D eigenvalue weighted by atomic mass is 10.0. The van der Waals surface area contributed by atoms with E-state index >= 15 is 0 Å². The van der Waals surface area contributed by atoms with E-state index in [9.17, 15) is 18.5 Å². The Bertz CT molecular complexity index is 981. The van der Waals surface area contributed by atoms with Crippen LogP contribution in [-0.4, -0.2) is 48.7 Å². The molecule has 1 saturated heterocycles. The first-order valence-electron chi connectivity index (χ1n) is 8.96. The van der Waals surface area contributed by atoms with Gasteiger partial charge in [0, 0.05) is 43.2 Å². The van der Waals surface area contributed by atoms with Crippen molar-refractivity contribution in [1.29, 1.82) is 0 Å². The van der Waals surface area contributed by atoms with E-state index in [1.165, 1.54) is 12.1 Å². The summed E-state index contributed by atoms with van der Waals surface area (Å²) >= 11 is 0. The van der Waals surface area contributed by atoms with Crippen molar-refractivity contribution in [3.8, 4) is 0 Å². The average Bonchev–Trinajstić information content (AvgIpc) is 2.60. The van der Waals surface area contributed by atoms with Crippen molar-refractivity contribution in [3.63, 3.8) is 0 Å². The first kappa shape index (κ1) is 20.0. The lowest BCUT2D eigenvalue weighted by Gasteiger charge is -2.33. The lowest BCUT2D eigenvalue weighted by Crippen LogP contribution is -2.39. The van der Waals surface area contributed by atoms with Crippen LogP contribution in [0, 0.1) is 24.0 Å². The Balaban J connectivity index is 1.71. The van der Waals surface area contributed by atoms with Crippen molar-refractivity contribution >= 4 is 27.0 Å². The van der Waals surface area contributed by atoms with Crippen molar-refractivity contribution in [2.24, 2.45) is 0 Å². The molecular weight excluding hydrogens is 382 g/mol. The summed E-state index contributed by atoms with van der Waals surface area (Å²) in [5.41, 5.74) is 1.03. The number of nitrogens with one attached hydrogen (secondary N) is 1. The van der Waals surface area contributed by atoms with Crippen molar-refractivity contribution < 1.29 is 13.3 Å². The number of aryl methyl sites for hydroxylation is 2. The van der Waals surface area contributed by atoms with Crippen LogP contribution in [0.15, 0.2) is 29.2 Å². The number of hydrogen-bond donors (Lipinski definition) is 1. The molecule has 1 aromatic carbocycles. The number of hydrogen-bond acceptors (Lipinski definition) is 8. The van der Waals surface area contributed by atoms with Gasteiger partial charge in [-0.3, -0.25) is 10.1 Å². The number of sulfone groups is 1. The molecule has 3 rings (SSSR count). The highest BCUT2D eigenvalue weighted by atomic mass is 32.2. The molecule has 1 aliphatic heterocycles. The highest BCUT2D eigenvalue weighted by Crippen LogP contribution is 2.30. The summed E-state index contributed by atoms with van der Waals surface area (Å²) in [6.45, 7) is 5.33. The van der Waals surface area contributed by atoms with Gasteiger partial charge in [0.05, 0.1) is 9.82 Å². The molecule has 0 saturated carbocycles. The maximum atomic E-state index is 11.7. The second kappa shape index (κ2) is 7.70. The molecule has 0 unspecified atom stereocenters. The Morgan fingerprint density at radius 3 is 2.43 bits per heavy atom. The zero-order valence-electron chi connectivity index (χ0n) is 16.0. The summed E-state index contributed by atoms with van der Waals surface area (Å²) in [5.74, 6) is 1.63. The molecule has 2 aromatic rings. The standard InChI is InChI=1S/C18H23N5O4S/c1-12-10-18(20-13(2)19-12)22-8-6-14(7-9-22)21-16-5-4-15(28(3,26)27)11-17(16)23(24)25/h4-5,10-11,14,21H,6-9H2,1-3H3. The van der Waals surface area contributed by atoms with E-state index in [2.05, 4.69) is 20.2 Å². The molecule has 0 aliphatic carbocycles. The fourth-order valence-electron chi connectivity index (χ4n) is 3.35. The van der Waals surface area contributed by atoms with Crippen LogP contribution in [0.1, 0.15) is 24.4 Å². The normalized spacial score (nSPS) is 15.5. The second-order valence-corrected chi connectivity index (χ2v) is 9.04. The van der Waals surface area contributed by atoms with Gasteiger partial charge in [-0.2, -0.15) is 0 Å². The third-order valence-corrected chi connectivity index (χ3v) is 5.84. The summed E-state index contributed by atoms with van der Waals surface area (Å²) in [7, 11) is -3.50. The van der Waals surface area contributed by atoms with Crippen LogP contribution in [0.5, 0.6) is 0 Å². The minimum Gasteiger partial charge on any atom is -0.377 e. The Labute approximate surface area is 163 Å². The van der Waals surface area contributed by atoms with Gasteiger partial charge in [0.25, 0.3) is 5.69 Å². The summed E-state index contributed by atoms with van der Waals surface area (Å²) in [5, 5.41) is 14.6. The van der Waals surface area contributed by atoms with Crippen LogP contribution >= 0.6 is 0 Å². The van der Waals surface area contributed by atoms with Gasteiger partial charge in [0.2, 0.25) is 0 Å². The van der Waals surface area contributed by atoms with E-state index in [4.69, 9.17) is 0 Å². The molecule has 1 fully saturated rings. The fourth-order valence-corrected chi connectivity index (χ4v) is 3.99. The van der Waals surface area contributed by atoms with Gasteiger partial charge in [0.1, 0.15) is 17.3 Å². The van der Waals surface area contributed by atoms with Crippen molar-refractivity contribution in [2.75, 3.05) is 29.6 Å². The Hall–Kier alpha value is -2.75. The van der Waals surface area contributed by atoms with Crippen LogP contribution in [0.3, 0.4) is 0 Å². The first-order chi connectivity index (χ1) is 13.1. The third-order valence-electron chi connectivity index (χ3n) is 4.73. The summed E-state index contributed by atoms with van der Waals surface area (Å²) < 4.78 is 23.3. The highest BCUT2D eigenvalue weighted by Gasteiger charge is 2.24. The van der Waals surface area contributed by atoms with Crippen LogP contribution in [0.2, 0.25) is 0 Å². The number of aromatic nitrogens is 2. The summed E-state index contributed by atoms with van der Waals surface area (Å²) in [4.78, 5) is 21.7. The quantitative estimate of drug-likeness (QED) is 0.595. The van der Waals surface area contributed by atoms with Crippen LogP contribution in [0.4, 0.5) is 17.2 Å². The zero-order chi connectivity index (χ0) is 20.5. The summed E-state index contributed by atoms with van der Waals surface area (Å²) in [6.07, 6.45) is 2.60. The molecule has 0 atom stereocenters. The van der Waals surface area contributed by atoms with E-state index < -0.39 is 14.8 Å². The molecule has 10 heteroatoms. The molecule has 0 spiro atoms. The maximum Gasteiger partial charge on any atom is 0.293 e. The van der Waals surface area contributed by atoms with E-state index in [0.29, 0.717) is 5.69 Å². The lowest BCUT2D eigenvalue weighted by molar-refractivity contribution is -0.384. The highest BCUT2D eigenvalue weighted by molar-refractivity contribution is 7.90. The molecule has 0 bridgehead atoms. The van der Waals surface area contributed by atoms with Gasteiger partial charge in [-0.05, 0) is 38.8 Å². The Morgan fingerprint density at radius 1 is 1.18 bits per heavy atom. The van der Waals surface area contributed by atoms with Gasteiger partial charge >= 0.3 is 0 Å². The van der Waals surface area contributed by atoms with Gasteiger partial charge < -0.3 is 10.2 Å². The van der Waals surface area contributed by atoms with Crippen molar-refractivity contribution in [1.82, 2.24) is 9.97 Å². The number of nitro groups is 1. The molecule has 9 nitrogen and oxygen atoms in total. The summed E-state index contributed by atoms with van der Waals surface area (Å²) in [6, 6.07) is 5.99. The van der Waals surface area contributed by atoms with E-state index in [1.54, 1.807) is 0 Å². The van der Waals surface area contributed by atoms with Crippen molar-refractivity contribution in [3.05, 3.63) is 45.9 Å². The smallest absolute Gasteiger partial charge is 0.293 e. The van der Waals surface area contributed by atoms with Gasteiger partial charge in [-0.15, -0.1) is 0 Å². The second-order valence-electron chi connectivity index (χ2n) is 7.03. The van der Waals surface area contributed by atoms with Crippen LogP contribution in [0.25, 0.3) is 0 Å². The fraction of sp³-hybridized carbons (Fsp3) is 0.444. The van der Waals surface area contributed by atoms with E-state index in [1.807, 2.05) is 19.9 Å². The monoisotopic (exact) mass is 405 g/mol. The number of nitro benzene ring substituents is 1. The molecule has 0 amide bonds. The molecule has 1 aliphatic rings. The average molecular weight is 405 g/mol. The minimum absolute atomic E-state index is 0.0584. The van der Waals surface area contributed by atoms with Crippen molar-refractivity contribution in [2.45, 2.75) is 37.6 Å². The minimum atomic E-state index is -3.50. The Kier molecular flexibility index (Phi) is 5.50. The predicted octanol–water partition coefficient (Wildman–Crippen LogP) is 2.49. The van der Waals surface area contributed by atoms with E-state index in [-0.39, 0.29) is 16.6 Å². The molecule has 150 valence electrons. The largest absolute Gasteiger partial charge is 0.377 e. The van der Waals surface area contributed by atoms with Crippen LogP contribution < -0.4 is 10.2 Å². The maximum absolute atomic E-state index is 11.7. The number of rotatable bonds is 5. The van der Waals surface area contributed by atoms with Gasteiger partial charge in [-0.1, -0.05) is 0 Å². The first-order valence-corrected chi connectivity index (χ1v) is 10.8. The van der Waals surface area contributed by atoms with Gasteiger partial charge in [0.15, 0.2) is 9.84 Å². The molecule has 28 heavy (non-hydrogen) atoms. The SMILES string of the molecule is Cc1cc(N2CCC(Nc3ccc(S(C)(=O)=O)cc3[N+](=O)[O-])CC2)nc(C)n1. The van der Waals surface area contributed by atoms with Gasteiger partial charge in [-0.25, -0.2) is 18.4 Å². The molecular formula is C18H23N5O4S. The Morgan fingerprint density at radius 2 is 1.86 bits per heavy atom. The molecule has 1 N–H and O–H groups in total. The molecule has 1 aromatic heterocycles. The molecule has 0 radical (unpaired) electrons. The predicted molar refractivity (Wildman–Crippen MR) is 107 cm³/mol. The topological polar surface area (TPSA) is 118 Å². The number of benzene rings is 1. The number of piperidine rings is 1. The number of nitrogens with zero attached hydrogens (tertiary/aromatic N) is 4. The number of anilines is 2. The molecule has 2 heterocycles.